The van der Waals surface area contributed by atoms with Crippen molar-refractivity contribution in [1.82, 2.24) is 0 Å². The van der Waals surface area contributed by atoms with Gasteiger partial charge >= 0.3 is 0 Å². The summed E-state index contributed by atoms with van der Waals surface area (Å²) in [6, 6.07) is 10.5. The highest BCUT2D eigenvalue weighted by Gasteiger charge is 2.24. The molecule has 0 nitrogen and oxygen atoms in total. The number of rotatable bonds is 4. The first-order chi connectivity index (χ1) is 14.4. The minimum atomic E-state index is -1.67. The van der Waals surface area contributed by atoms with Crippen LogP contribution < -0.4 is 0 Å². The van der Waals surface area contributed by atoms with E-state index in [0.717, 1.165) is 30.0 Å². The maximum absolute atomic E-state index is 15.1. The summed E-state index contributed by atoms with van der Waals surface area (Å²) in [4.78, 5) is 0. The number of aryl methyl sites for hydroxylation is 1. The summed E-state index contributed by atoms with van der Waals surface area (Å²) in [5.74, 6) is -6.48. The highest BCUT2D eigenvalue weighted by atomic mass is 19.2. The normalized spacial score (nSPS) is 13.2. The molecule has 0 N–H and O–H groups in total. The highest BCUT2D eigenvalue weighted by molar-refractivity contribution is 5.85. The minimum absolute atomic E-state index is 0.280. The molecule has 0 heterocycles. The first kappa shape index (κ1) is 20.3. The summed E-state index contributed by atoms with van der Waals surface area (Å²) in [5, 5.41) is 0. The molecule has 0 atom stereocenters. The molecule has 3 aromatic carbocycles. The van der Waals surface area contributed by atoms with Gasteiger partial charge in [0.15, 0.2) is 17.5 Å². The fraction of sp³-hybridized carbons (Fsp3) is 0.200. The zero-order chi connectivity index (χ0) is 21.4. The van der Waals surface area contributed by atoms with Crippen molar-refractivity contribution in [3.05, 3.63) is 93.8 Å². The fourth-order valence-corrected chi connectivity index (χ4v) is 3.95. The van der Waals surface area contributed by atoms with E-state index in [-0.39, 0.29) is 11.1 Å². The maximum Gasteiger partial charge on any atom is 0.194 e. The zero-order valence-electron chi connectivity index (χ0n) is 16.3. The number of hydrogen-bond acceptors (Lipinski definition) is 0. The fourth-order valence-electron chi connectivity index (χ4n) is 3.95. The molecule has 1 aliphatic carbocycles. The number of benzene rings is 3. The largest absolute Gasteiger partial charge is 0.206 e. The van der Waals surface area contributed by atoms with Crippen LogP contribution in [0.3, 0.4) is 0 Å². The molecule has 0 fully saturated rings. The summed E-state index contributed by atoms with van der Waals surface area (Å²) in [5.41, 5.74) is 2.96. The summed E-state index contributed by atoms with van der Waals surface area (Å²) >= 11 is 0. The van der Waals surface area contributed by atoms with Crippen molar-refractivity contribution in [2.24, 2.45) is 0 Å². The van der Waals surface area contributed by atoms with Gasteiger partial charge in [0.25, 0.3) is 0 Å². The lowest BCUT2D eigenvalue weighted by Gasteiger charge is -2.20. The molecule has 0 bridgehead atoms. The van der Waals surface area contributed by atoms with Crippen molar-refractivity contribution in [2.75, 3.05) is 0 Å². The Morgan fingerprint density at radius 1 is 0.733 bits per heavy atom. The van der Waals surface area contributed by atoms with E-state index in [1.165, 1.54) is 5.56 Å². The van der Waals surface area contributed by atoms with E-state index < -0.39 is 34.6 Å². The van der Waals surface area contributed by atoms with Gasteiger partial charge in [-0.15, -0.1) is 0 Å². The molecule has 154 valence electrons. The second-order valence-corrected chi connectivity index (χ2v) is 7.49. The highest BCUT2D eigenvalue weighted by Crippen LogP contribution is 2.37. The van der Waals surface area contributed by atoms with Crippen molar-refractivity contribution in [3.63, 3.8) is 0 Å². The van der Waals surface area contributed by atoms with Gasteiger partial charge in [-0.1, -0.05) is 43.7 Å². The third-order valence-electron chi connectivity index (χ3n) is 5.46. The topological polar surface area (TPSA) is 0 Å². The Hall–Kier alpha value is -2.95. The van der Waals surface area contributed by atoms with Gasteiger partial charge in [0.1, 0.15) is 11.6 Å². The van der Waals surface area contributed by atoms with E-state index in [1.807, 2.05) is 12.1 Å². The SMILES string of the molecule is CCCc1ccc(C2=Cc3cc(F)c(-c4cc(F)c(F)c(F)c4)c(F)c3CC2)cc1. The minimum Gasteiger partial charge on any atom is -0.206 e. The van der Waals surface area contributed by atoms with Crippen molar-refractivity contribution < 1.29 is 22.0 Å². The molecular formula is C25H19F5. The van der Waals surface area contributed by atoms with E-state index in [4.69, 9.17) is 0 Å². The Morgan fingerprint density at radius 3 is 2.03 bits per heavy atom. The van der Waals surface area contributed by atoms with Crippen LogP contribution in [0.5, 0.6) is 0 Å². The molecule has 0 amide bonds. The van der Waals surface area contributed by atoms with Gasteiger partial charge in [-0.05, 0) is 70.9 Å². The van der Waals surface area contributed by atoms with E-state index >= 15 is 4.39 Å². The van der Waals surface area contributed by atoms with Gasteiger partial charge in [0, 0.05) is 0 Å². The van der Waals surface area contributed by atoms with E-state index in [2.05, 4.69) is 19.1 Å². The average Bonchev–Trinajstić information content (AvgIpc) is 2.72. The zero-order valence-corrected chi connectivity index (χ0v) is 16.3. The molecule has 0 aliphatic heterocycles. The standard InChI is InChI=1S/C25H19F5/c1-2-3-14-4-6-15(7-5-14)16-8-9-19-17(10-16)11-20(26)23(24(19)29)18-12-21(27)25(30)22(28)13-18/h4-7,10-13H,2-3,8-9H2,1H3. The van der Waals surface area contributed by atoms with E-state index in [9.17, 15) is 17.6 Å². The van der Waals surface area contributed by atoms with Gasteiger partial charge in [-0.3, -0.25) is 0 Å². The van der Waals surface area contributed by atoms with Gasteiger partial charge in [0.2, 0.25) is 0 Å². The summed E-state index contributed by atoms with van der Waals surface area (Å²) in [6.45, 7) is 2.11. The van der Waals surface area contributed by atoms with Crippen LogP contribution in [-0.4, -0.2) is 0 Å². The Bertz CT molecular complexity index is 1120. The second-order valence-electron chi connectivity index (χ2n) is 7.49. The van der Waals surface area contributed by atoms with Crippen molar-refractivity contribution >= 4 is 11.6 Å². The lowest BCUT2D eigenvalue weighted by atomic mass is 9.86. The van der Waals surface area contributed by atoms with E-state index in [0.29, 0.717) is 30.5 Å². The lowest BCUT2D eigenvalue weighted by Crippen LogP contribution is -2.06. The molecule has 0 radical (unpaired) electrons. The molecule has 0 spiro atoms. The van der Waals surface area contributed by atoms with Gasteiger partial charge in [0.05, 0.1) is 5.56 Å². The van der Waals surface area contributed by atoms with Crippen LogP contribution in [0.15, 0.2) is 42.5 Å². The number of hydrogen-bond donors (Lipinski definition) is 0. The number of allylic oxidation sites excluding steroid dienone is 1. The average molecular weight is 414 g/mol. The molecule has 3 aromatic rings. The van der Waals surface area contributed by atoms with Crippen molar-refractivity contribution in [1.29, 1.82) is 0 Å². The van der Waals surface area contributed by atoms with Crippen LogP contribution >= 0.6 is 0 Å². The monoisotopic (exact) mass is 414 g/mol. The summed E-state index contributed by atoms with van der Waals surface area (Å²) in [7, 11) is 0. The molecule has 30 heavy (non-hydrogen) atoms. The molecule has 5 heteroatoms. The molecule has 0 aromatic heterocycles. The molecule has 0 unspecified atom stereocenters. The van der Waals surface area contributed by atoms with Gasteiger partial charge in [-0.25, -0.2) is 22.0 Å². The van der Waals surface area contributed by atoms with Crippen LogP contribution in [0.1, 0.15) is 42.0 Å². The smallest absolute Gasteiger partial charge is 0.194 e. The van der Waals surface area contributed by atoms with Gasteiger partial charge < -0.3 is 0 Å². The van der Waals surface area contributed by atoms with Crippen LogP contribution in [0, 0.1) is 29.1 Å². The third kappa shape index (κ3) is 3.64. The van der Waals surface area contributed by atoms with Crippen LogP contribution in [0.25, 0.3) is 22.8 Å². The molecule has 1 aliphatic rings. The van der Waals surface area contributed by atoms with Crippen LogP contribution in [0.2, 0.25) is 0 Å². The molecule has 4 rings (SSSR count). The second kappa shape index (κ2) is 8.05. The number of fused-ring (bicyclic) bond motifs is 1. The van der Waals surface area contributed by atoms with Crippen LogP contribution in [0.4, 0.5) is 22.0 Å². The lowest BCUT2D eigenvalue weighted by molar-refractivity contribution is 0.447. The Labute approximate surface area is 171 Å². The molecule has 0 saturated heterocycles. The maximum atomic E-state index is 15.1. The molecular weight excluding hydrogens is 395 g/mol. The van der Waals surface area contributed by atoms with Crippen LogP contribution in [-0.2, 0) is 12.8 Å². The summed E-state index contributed by atoms with van der Waals surface area (Å²) in [6.07, 6.45) is 4.66. The summed E-state index contributed by atoms with van der Waals surface area (Å²) < 4.78 is 70.2. The third-order valence-corrected chi connectivity index (χ3v) is 5.46. The first-order valence-electron chi connectivity index (χ1n) is 9.84. The number of halogens is 5. The Balaban J connectivity index is 1.75. The Morgan fingerprint density at radius 2 is 1.40 bits per heavy atom. The van der Waals surface area contributed by atoms with Crippen molar-refractivity contribution in [3.8, 4) is 11.1 Å². The van der Waals surface area contributed by atoms with Gasteiger partial charge in [-0.2, -0.15) is 0 Å². The predicted octanol–water partition coefficient (Wildman–Crippen LogP) is 7.49. The Kier molecular flexibility index (Phi) is 5.46. The first-order valence-corrected chi connectivity index (χ1v) is 9.84. The quantitative estimate of drug-likeness (QED) is 0.306. The van der Waals surface area contributed by atoms with E-state index in [1.54, 1.807) is 6.08 Å². The molecule has 0 saturated carbocycles. The van der Waals surface area contributed by atoms with Crippen molar-refractivity contribution in [2.45, 2.75) is 32.6 Å². The predicted molar refractivity (Wildman–Crippen MR) is 108 cm³/mol.